The van der Waals surface area contributed by atoms with Gasteiger partial charge in [-0.3, -0.25) is 14.9 Å². The highest BCUT2D eigenvalue weighted by atomic mass is 35.5. The van der Waals surface area contributed by atoms with Crippen molar-refractivity contribution in [1.29, 1.82) is 0 Å². The van der Waals surface area contributed by atoms with Crippen LogP contribution in [0.3, 0.4) is 0 Å². The summed E-state index contributed by atoms with van der Waals surface area (Å²) in [5, 5.41) is 13.9. The van der Waals surface area contributed by atoms with Gasteiger partial charge in [-0.25, -0.2) is 8.42 Å². The molecule has 0 aliphatic carbocycles. The zero-order valence-electron chi connectivity index (χ0n) is 16.4. The number of halogens is 1. The van der Waals surface area contributed by atoms with Crippen molar-refractivity contribution in [1.82, 2.24) is 4.31 Å². The van der Waals surface area contributed by atoms with Crippen molar-refractivity contribution in [3.05, 3.63) is 63.2 Å². The average molecular weight is 452 g/mol. The van der Waals surface area contributed by atoms with Gasteiger partial charge in [0.15, 0.2) is 0 Å². The van der Waals surface area contributed by atoms with E-state index in [-0.39, 0.29) is 40.5 Å². The number of carbonyl (C=O) groups is 1. The van der Waals surface area contributed by atoms with Crippen LogP contribution >= 0.6 is 11.6 Å². The van der Waals surface area contributed by atoms with E-state index in [2.05, 4.69) is 5.32 Å². The first-order valence-corrected chi connectivity index (χ1v) is 11.4. The summed E-state index contributed by atoms with van der Waals surface area (Å²) in [6.07, 6.45) is 1.49. The van der Waals surface area contributed by atoms with Crippen molar-refractivity contribution >= 4 is 38.9 Å². The molecule has 1 N–H and O–H groups in total. The van der Waals surface area contributed by atoms with E-state index < -0.39 is 14.9 Å². The molecular weight excluding hydrogens is 430 g/mol. The number of nitrogens with zero attached hydrogens (tertiary/aromatic N) is 2. The molecule has 1 aliphatic rings. The minimum absolute atomic E-state index is 0.0726. The molecule has 0 saturated carbocycles. The number of nitro groups is 1. The Bertz CT molecular complexity index is 1070. The Labute approximate surface area is 180 Å². The van der Waals surface area contributed by atoms with Crippen LogP contribution < -0.4 is 5.32 Å². The van der Waals surface area contributed by atoms with Crippen LogP contribution in [-0.4, -0.2) is 36.6 Å². The Morgan fingerprint density at radius 2 is 1.90 bits per heavy atom. The van der Waals surface area contributed by atoms with Gasteiger partial charge in [0.2, 0.25) is 15.9 Å². The molecular formula is C20H22ClN3O5S. The molecule has 0 bridgehead atoms. The quantitative estimate of drug-likeness (QED) is 0.529. The topological polar surface area (TPSA) is 110 Å². The van der Waals surface area contributed by atoms with Crippen molar-refractivity contribution in [3.63, 3.8) is 0 Å². The van der Waals surface area contributed by atoms with E-state index in [0.29, 0.717) is 12.8 Å². The van der Waals surface area contributed by atoms with Crippen LogP contribution in [0.1, 0.15) is 25.3 Å². The summed E-state index contributed by atoms with van der Waals surface area (Å²) in [4.78, 5) is 22.7. The zero-order valence-corrected chi connectivity index (χ0v) is 17.9. The Kier molecular flexibility index (Phi) is 6.74. The van der Waals surface area contributed by atoms with Crippen molar-refractivity contribution in [2.75, 3.05) is 18.4 Å². The molecule has 0 spiro atoms. The van der Waals surface area contributed by atoms with Gasteiger partial charge in [-0.05, 0) is 37.0 Å². The molecule has 0 atom stereocenters. The molecule has 3 rings (SSSR count). The second-order valence-corrected chi connectivity index (χ2v) is 9.36. The van der Waals surface area contributed by atoms with Gasteiger partial charge in [-0.15, -0.1) is 0 Å². The van der Waals surface area contributed by atoms with Gasteiger partial charge in [-0.1, -0.05) is 36.7 Å². The van der Waals surface area contributed by atoms with Crippen LogP contribution in [0.25, 0.3) is 0 Å². The summed E-state index contributed by atoms with van der Waals surface area (Å²) in [5.41, 5.74) is 1.46. The highest BCUT2D eigenvalue weighted by molar-refractivity contribution is 7.89. The third-order valence-corrected chi connectivity index (χ3v) is 7.60. The van der Waals surface area contributed by atoms with Crippen LogP contribution in [0.15, 0.2) is 47.4 Å². The zero-order chi connectivity index (χ0) is 21.9. The van der Waals surface area contributed by atoms with Gasteiger partial charge in [0.05, 0.1) is 9.95 Å². The number of amides is 1. The molecule has 10 heteroatoms. The van der Waals surface area contributed by atoms with E-state index in [4.69, 9.17) is 11.6 Å². The minimum Gasteiger partial charge on any atom is -0.326 e. The first-order chi connectivity index (χ1) is 14.2. The second kappa shape index (κ2) is 9.11. The van der Waals surface area contributed by atoms with E-state index in [0.717, 1.165) is 29.8 Å². The molecule has 30 heavy (non-hydrogen) atoms. The number of hydrogen-bond donors (Lipinski definition) is 1. The third-order valence-electron chi connectivity index (χ3n) is 5.22. The van der Waals surface area contributed by atoms with Crippen LogP contribution in [0.5, 0.6) is 0 Å². The minimum atomic E-state index is -4.00. The second-order valence-electron chi connectivity index (χ2n) is 7.05. The molecule has 2 aromatic carbocycles. The summed E-state index contributed by atoms with van der Waals surface area (Å²) >= 11 is 6.01. The Balaban J connectivity index is 1.70. The van der Waals surface area contributed by atoms with Gasteiger partial charge in [0, 0.05) is 36.8 Å². The molecule has 1 saturated heterocycles. The van der Waals surface area contributed by atoms with Gasteiger partial charge >= 0.3 is 0 Å². The van der Waals surface area contributed by atoms with Crippen LogP contribution in [0, 0.1) is 16.0 Å². The molecule has 0 unspecified atom stereocenters. The fraction of sp³-hybridized carbons (Fsp3) is 0.350. The predicted octanol–water partition coefficient (Wildman–Crippen LogP) is 3.85. The molecule has 0 radical (unpaired) electrons. The fourth-order valence-corrected chi connectivity index (χ4v) is 5.45. The number of benzene rings is 2. The monoisotopic (exact) mass is 451 g/mol. The van der Waals surface area contributed by atoms with Gasteiger partial charge < -0.3 is 5.32 Å². The van der Waals surface area contributed by atoms with Gasteiger partial charge in [0.1, 0.15) is 4.90 Å². The van der Waals surface area contributed by atoms with E-state index in [1.54, 1.807) is 0 Å². The lowest BCUT2D eigenvalue weighted by Crippen LogP contribution is -2.41. The Morgan fingerprint density at radius 1 is 1.23 bits per heavy atom. The normalized spacial score (nSPS) is 15.7. The molecule has 2 aromatic rings. The molecule has 1 heterocycles. The summed E-state index contributed by atoms with van der Waals surface area (Å²) in [7, 11) is -4.00. The highest BCUT2D eigenvalue weighted by Crippen LogP contribution is 2.31. The number of nitro benzene ring substituents is 1. The number of sulfonamides is 1. The number of nitrogens with one attached hydrogen (secondary N) is 1. The van der Waals surface area contributed by atoms with E-state index in [9.17, 15) is 23.3 Å². The summed E-state index contributed by atoms with van der Waals surface area (Å²) in [5.74, 6) is -0.455. The fourth-order valence-electron chi connectivity index (χ4n) is 3.49. The number of hydrogen-bond acceptors (Lipinski definition) is 5. The largest absolute Gasteiger partial charge is 0.326 e. The van der Waals surface area contributed by atoms with Crippen molar-refractivity contribution < 1.29 is 18.1 Å². The molecule has 1 fully saturated rings. The molecule has 0 aromatic heterocycles. The summed E-state index contributed by atoms with van der Waals surface area (Å²) < 4.78 is 27.1. The summed E-state index contributed by atoms with van der Waals surface area (Å²) in [6, 6.07) is 10.9. The van der Waals surface area contributed by atoms with Crippen molar-refractivity contribution in [2.45, 2.75) is 31.1 Å². The molecule has 1 amide bonds. The van der Waals surface area contributed by atoms with Gasteiger partial charge in [0.25, 0.3) is 5.69 Å². The third kappa shape index (κ3) is 4.63. The maximum Gasteiger partial charge on any atom is 0.270 e. The van der Waals surface area contributed by atoms with E-state index in [1.165, 1.54) is 10.4 Å². The number of piperidine rings is 1. The first-order valence-electron chi connectivity index (χ1n) is 9.57. The molecule has 160 valence electrons. The predicted molar refractivity (Wildman–Crippen MR) is 114 cm³/mol. The van der Waals surface area contributed by atoms with E-state index in [1.807, 2.05) is 31.2 Å². The Morgan fingerprint density at radius 3 is 2.53 bits per heavy atom. The average Bonchev–Trinajstić information content (AvgIpc) is 2.74. The number of rotatable bonds is 6. The van der Waals surface area contributed by atoms with Crippen LogP contribution in [-0.2, 0) is 21.2 Å². The lowest BCUT2D eigenvalue weighted by atomic mass is 9.97. The molecule has 1 aliphatic heterocycles. The number of non-ortho nitro benzene ring substituents is 1. The Hall–Kier alpha value is -2.49. The standard InChI is InChI=1S/C20H22ClN3O5S/c1-2-14-5-3-4-6-18(14)22-20(25)15-9-11-23(12-10-15)30(28,29)19-13-16(24(26)27)7-8-17(19)21/h3-8,13,15H,2,9-12H2,1H3,(H,22,25). The lowest BCUT2D eigenvalue weighted by molar-refractivity contribution is -0.385. The van der Waals surface area contributed by atoms with Crippen LogP contribution in [0.4, 0.5) is 11.4 Å². The maximum absolute atomic E-state index is 13.0. The smallest absolute Gasteiger partial charge is 0.270 e. The number of carbonyl (C=O) groups excluding carboxylic acids is 1. The highest BCUT2D eigenvalue weighted by Gasteiger charge is 2.34. The number of para-hydroxylation sites is 1. The summed E-state index contributed by atoms with van der Waals surface area (Å²) in [6.45, 7) is 2.27. The number of anilines is 1. The van der Waals surface area contributed by atoms with Crippen molar-refractivity contribution in [3.8, 4) is 0 Å². The van der Waals surface area contributed by atoms with Gasteiger partial charge in [-0.2, -0.15) is 4.31 Å². The van der Waals surface area contributed by atoms with Crippen LogP contribution in [0.2, 0.25) is 5.02 Å². The molecule has 8 nitrogen and oxygen atoms in total. The number of aryl methyl sites for hydroxylation is 1. The van der Waals surface area contributed by atoms with Crippen molar-refractivity contribution in [2.24, 2.45) is 5.92 Å². The lowest BCUT2D eigenvalue weighted by Gasteiger charge is -2.30. The SMILES string of the molecule is CCc1ccccc1NC(=O)C1CCN(S(=O)(=O)c2cc([N+](=O)[O-])ccc2Cl)CC1. The maximum atomic E-state index is 13.0. The van der Waals surface area contributed by atoms with E-state index >= 15 is 0 Å². The first kappa shape index (κ1) is 22.2.